The lowest BCUT2D eigenvalue weighted by Crippen LogP contribution is -2.60. The maximum absolute atomic E-state index is 12.5. The van der Waals surface area contributed by atoms with Crippen molar-refractivity contribution in [2.45, 2.75) is 43.2 Å². The Balaban J connectivity index is 1.47. The first-order chi connectivity index (χ1) is 14.9. The molecule has 9 heteroatoms. The predicted molar refractivity (Wildman–Crippen MR) is 106 cm³/mol. The van der Waals surface area contributed by atoms with E-state index in [2.05, 4.69) is 0 Å². The zero-order valence-electron chi connectivity index (χ0n) is 16.7. The van der Waals surface area contributed by atoms with Gasteiger partial charge in [-0.1, -0.05) is 24.3 Å². The normalized spacial score (nSPS) is 30.3. The van der Waals surface area contributed by atoms with Gasteiger partial charge in [0.15, 0.2) is 0 Å². The smallest absolute Gasteiger partial charge is 0.342 e. The van der Waals surface area contributed by atoms with Crippen molar-refractivity contribution in [1.29, 1.82) is 0 Å². The topological polar surface area (TPSA) is 135 Å². The minimum atomic E-state index is -1.52. The predicted octanol–water partition coefficient (Wildman–Crippen LogP) is 0.328. The Morgan fingerprint density at radius 3 is 2.45 bits per heavy atom. The van der Waals surface area contributed by atoms with Gasteiger partial charge < -0.3 is 39.4 Å². The third-order valence-electron chi connectivity index (χ3n) is 5.54. The van der Waals surface area contributed by atoms with Gasteiger partial charge in [0, 0.05) is 6.42 Å². The maximum Gasteiger partial charge on any atom is 0.342 e. The fraction of sp³-hybridized carbons (Fsp3) is 0.409. The summed E-state index contributed by atoms with van der Waals surface area (Å²) >= 11 is 0. The summed E-state index contributed by atoms with van der Waals surface area (Å²) in [7, 11) is 1.50. The van der Waals surface area contributed by atoms with Crippen LogP contribution in [0.4, 0.5) is 0 Å². The maximum atomic E-state index is 12.5. The van der Waals surface area contributed by atoms with Crippen LogP contribution in [-0.4, -0.2) is 70.8 Å². The second-order valence-corrected chi connectivity index (χ2v) is 7.48. The first-order valence-corrected chi connectivity index (χ1v) is 9.87. The van der Waals surface area contributed by atoms with Gasteiger partial charge in [-0.15, -0.1) is 0 Å². The summed E-state index contributed by atoms with van der Waals surface area (Å²) in [5.41, 5.74) is 2.02. The fourth-order valence-corrected chi connectivity index (χ4v) is 3.82. The number of aliphatic hydroxyl groups excluding tert-OH is 4. The molecule has 2 aliphatic rings. The van der Waals surface area contributed by atoms with E-state index in [4.69, 9.17) is 18.9 Å². The van der Waals surface area contributed by atoms with Gasteiger partial charge in [-0.05, 0) is 29.3 Å². The minimum Gasteiger partial charge on any atom is -0.496 e. The van der Waals surface area contributed by atoms with Crippen molar-refractivity contribution in [3.8, 4) is 11.5 Å². The van der Waals surface area contributed by atoms with Crippen molar-refractivity contribution in [2.24, 2.45) is 0 Å². The summed E-state index contributed by atoms with van der Waals surface area (Å²) in [5.74, 6) is 0.354. The van der Waals surface area contributed by atoms with E-state index >= 15 is 0 Å². The van der Waals surface area contributed by atoms with Gasteiger partial charge in [0.25, 0.3) is 0 Å². The van der Waals surface area contributed by atoms with Gasteiger partial charge in [-0.3, -0.25) is 0 Å². The van der Waals surface area contributed by atoms with E-state index in [1.807, 2.05) is 12.1 Å². The molecule has 0 spiro atoms. The molecule has 0 saturated carbocycles. The molecule has 166 valence electrons. The Morgan fingerprint density at radius 2 is 1.77 bits per heavy atom. The molecule has 4 N–H and O–H groups in total. The van der Waals surface area contributed by atoms with Crippen LogP contribution in [0.25, 0.3) is 0 Å². The highest BCUT2D eigenvalue weighted by Gasteiger charge is 2.44. The molecule has 1 fully saturated rings. The van der Waals surface area contributed by atoms with Gasteiger partial charge >= 0.3 is 5.97 Å². The van der Waals surface area contributed by atoms with Crippen LogP contribution in [-0.2, 0) is 15.9 Å². The van der Waals surface area contributed by atoms with Crippen molar-refractivity contribution in [3.63, 3.8) is 0 Å². The number of benzene rings is 2. The summed E-state index contributed by atoms with van der Waals surface area (Å²) < 4.78 is 21.8. The highest BCUT2D eigenvalue weighted by molar-refractivity contribution is 5.95. The number of fused-ring (bicyclic) bond motifs is 1. The Morgan fingerprint density at radius 1 is 1.03 bits per heavy atom. The number of ether oxygens (including phenoxy) is 4. The number of esters is 1. The number of hydrogen-bond acceptors (Lipinski definition) is 9. The highest BCUT2D eigenvalue weighted by atomic mass is 16.7. The van der Waals surface area contributed by atoms with E-state index in [0.717, 1.165) is 11.1 Å². The summed E-state index contributed by atoms with van der Waals surface area (Å²) in [5, 5.41) is 39.1. The molecule has 1 saturated heterocycles. The quantitative estimate of drug-likeness (QED) is 0.493. The van der Waals surface area contributed by atoms with Crippen LogP contribution >= 0.6 is 0 Å². The highest BCUT2D eigenvalue weighted by Crippen LogP contribution is 2.35. The molecule has 9 nitrogen and oxygen atoms in total. The molecule has 0 amide bonds. The number of aliphatic hydroxyl groups is 4. The van der Waals surface area contributed by atoms with Crippen LogP contribution in [0.15, 0.2) is 42.5 Å². The minimum absolute atomic E-state index is 0.331. The van der Waals surface area contributed by atoms with Crippen molar-refractivity contribution < 1.29 is 44.2 Å². The van der Waals surface area contributed by atoms with Crippen LogP contribution < -0.4 is 9.47 Å². The molecular weight excluding hydrogens is 408 g/mol. The molecule has 2 aromatic rings. The van der Waals surface area contributed by atoms with Crippen molar-refractivity contribution >= 4 is 5.97 Å². The number of methoxy groups -OCH3 is 1. The van der Waals surface area contributed by atoms with Crippen LogP contribution in [0.3, 0.4) is 0 Å². The fourth-order valence-electron chi connectivity index (χ4n) is 3.82. The van der Waals surface area contributed by atoms with Crippen LogP contribution in [0.2, 0.25) is 0 Å². The van der Waals surface area contributed by atoms with Crippen molar-refractivity contribution in [3.05, 3.63) is 59.2 Å². The standard InChI is InChI=1S/C22H24O9/c1-28-14-4-2-3-12-9-15(30-21(27)17(12)14)11-5-7-13(8-6-11)29-22-20(26)19(25)18(24)16(10-23)31-22/h2-8,15-16,18-20,22-26H,9-10H2,1H3/t15-,16+,18+,19-,20+,22+/m0/s1. The third-order valence-corrected chi connectivity index (χ3v) is 5.54. The lowest BCUT2D eigenvalue weighted by molar-refractivity contribution is -0.277. The van der Waals surface area contributed by atoms with Gasteiger partial charge in [0.2, 0.25) is 6.29 Å². The zero-order valence-corrected chi connectivity index (χ0v) is 16.7. The van der Waals surface area contributed by atoms with Gasteiger partial charge in [-0.2, -0.15) is 0 Å². The second kappa shape index (κ2) is 8.81. The van der Waals surface area contributed by atoms with Crippen LogP contribution in [0.5, 0.6) is 11.5 Å². The molecule has 0 aromatic heterocycles. The van der Waals surface area contributed by atoms with Crippen molar-refractivity contribution in [1.82, 2.24) is 0 Å². The zero-order chi connectivity index (χ0) is 22.1. The van der Waals surface area contributed by atoms with Gasteiger partial charge in [0.1, 0.15) is 47.6 Å². The molecule has 31 heavy (non-hydrogen) atoms. The van der Waals surface area contributed by atoms with E-state index < -0.39 is 49.4 Å². The van der Waals surface area contributed by atoms with E-state index in [-0.39, 0.29) is 0 Å². The largest absolute Gasteiger partial charge is 0.496 e. The lowest BCUT2D eigenvalue weighted by Gasteiger charge is -2.39. The van der Waals surface area contributed by atoms with E-state index in [9.17, 15) is 25.2 Å². The summed E-state index contributed by atoms with van der Waals surface area (Å²) in [6, 6.07) is 12.1. The number of cyclic esters (lactones) is 1. The molecule has 6 atom stereocenters. The molecule has 4 rings (SSSR count). The lowest BCUT2D eigenvalue weighted by atomic mass is 9.94. The van der Waals surface area contributed by atoms with Gasteiger partial charge in [0.05, 0.1) is 13.7 Å². The SMILES string of the molecule is COc1cccc2c1C(=O)O[C@H](c1ccc(O[C@@H]3O[C@H](CO)[C@@H](O)[C@H](O)[C@H]3O)cc1)C2. The summed E-state index contributed by atoms with van der Waals surface area (Å²) in [4.78, 5) is 12.5. The Bertz CT molecular complexity index is 927. The monoisotopic (exact) mass is 432 g/mol. The summed E-state index contributed by atoms with van der Waals surface area (Å²) in [6.45, 7) is -0.539. The Hall–Kier alpha value is -2.69. The number of hydrogen-bond donors (Lipinski definition) is 4. The molecule has 2 aliphatic heterocycles. The number of carbonyl (C=O) groups is 1. The van der Waals surface area contributed by atoms with E-state index in [0.29, 0.717) is 23.5 Å². The van der Waals surface area contributed by atoms with Gasteiger partial charge in [-0.25, -0.2) is 4.79 Å². The van der Waals surface area contributed by atoms with Crippen LogP contribution in [0.1, 0.15) is 27.6 Å². The molecule has 0 bridgehead atoms. The average molecular weight is 432 g/mol. The summed E-state index contributed by atoms with van der Waals surface area (Å²) in [6.07, 6.45) is -6.78. The Kier molecular flexibility index (Phi) is 6.12. The average Bonchev–Trinajstić information content (AvgIpc) is 2.79. The van der Waals surface area contributed by atoms with E-state index in [1.54, 1.807) is 30.3 Å². The first-order valence-electron chi connectivity index (χ1n) is 9.87. The molecule has 2 aromatic carbocycles. The molecule has 0 aliphatic carbocycles. The Labute approximate surface area is 178 Å². The van der Waals surface area contributed by atoms with Crippen LogP contribution in [0, 0.1) is 0 Å². The second-order valence-electron chi connectivity index (χ2n) is 7.48. The molecule has 2 heterocycles. The molecule has 0 radical (unpaired) electrons. The number of rotatable bonds is 5. The third kappa shape index (κ3) is 4.10. The molecule has 0 unspecified atom stereocenters. The van der Waals surface area contributed by atoms with Crippen molar-refractivity contribution in [2.75, 3.05) is 13.7 Å². The molecular formula is C22H24O9. The number of carbonyl (C=O) groups excluding carboxylic acids is 1. The first kappa shape index (κ1) is 21.5. The van der Waals surface area contributed by atoms with E-state index in [1.165, 1.54) is 7.11 Å².